The first-order valence-corrected chi connectivity index (χ1v) is 8.11. The molecule has 0 N–H and O–H groups in total. The number of benzene rings is 2. The number of halogens is 1. The lowest BCUT2D eigenvalue weighted by molar-refractivity contribution is -0.131. The first kappa shape index (κ1) is 14.4. The van der Waals surface area contributed by atoms with Gasteiger partial charge in [-0.15, -0.1) is 11.6 Å². The molecule has 1 saturated heterocycles. The molecule has 0 spiro atoms. The Kier molecular flexibility index (Phi) is 4.45. The molecule has 0 aromatic heterocycles. The van der Waals surface area contributed by atoms with Crippen molar-refractivity contribution in [3.63, 3.8) is 0 Å². The second-order valence-electron chi connectivity index (χ2n) is 5.84. The second kappa shape index (κ2) is 6.48. The number of likely N-dealkylation sites (tertiary alicyclic amines) is 1. The van der Waals surface area contributed by atoms with Crippen LogP contribution in [0.1, 0.15) is 18.4 Å². The van der Waals surface area contributed by atoms with E-state index in [4.69, 9.17) is 11.6 Å². The fraction of sp³-hybridized carbons (Fsp3) is 0.389. The molecular weight excluding hydrogens is 282 g/mol. The number of hydrogen-bond donors (Lipinski definition) is 0. The van der Waals surface area contributed by atoms with Crippen LogP contribution in [0.3, 0.4) is 0 Å². The van der Waals surface area contributed by atoms with Crippen LogP contribution in [0.5, 0.6) is 0 Å². The fourth-order valence-electron chi connectivity index (χ4n) is 2.97. The van der Waals surface area contributed by atoms with Gasteiger partial charge in [-0.05, 0) is 35.1 Å². The van der Waals surface area contributed by atoms with E-state index < -0.39 is 0 Å². The molecule has 1 amide bonds. The molecule has 0 saturated carbocycles. The molecule has 3 rings (SSSR count). The zero-order valence-corrected chi connectivity index (χ0v) is 12.9. The third-order valence-corrected chi connectivity index (χ3v) is 4.79. The first-order chi connectivity index (χ1) is 10.3. The van der Waals surface area contributed by atoms with Gasteiger partial charge in [0.25, 0.3) is 0 Å². The second-order valence-corrected chi connectivity index (χ2v) is 6.15. The van der Waals surface area contributed by atoms with Gasteiger partial charge >= 0.3 is 0 Å². The average Bonchev–Trinajstić information content (AvgIpc) is 2.55. The highest BCUT2D eigenvalue weighted by molar-refractivity contribution is 6.18. The number of amides is 1. The summed E-state index contributed by atoms with van der Waals surface area (Å²) in [5.41, 5.74) is 1.10. The number of carbonyl (C=O) groups is 1. The Morgan fingerprint density at radius 3 is 2.52 bits per heavy atom. The summed E-state index contributed by atoms with van der Waals surface area (Å²) in [5, 5.41) is 2.42. The smallest absolute Gasteiger partial charge is 0.226 e. The lowest BCUT2D eigenvalue weighted by Crippen LogP contribution is -2.39. The summed E-state index contributed by atoms with van der Waals surface area (Å²) in [6.45, 7) is 1.70. The first-order valence-electron chi connectivity index (χ1n) is 7.57. The molecule has 2 aromatic carbocycles. The SMILES string of the molecule is O=C(Cc1ccc2ccccc2c1)N1CCC(CCl)CC1. The fourth-order valence-corrected chi connectivity index (χ4v) is 3.28. The van der Waals surface area contributed by atoms with E-state index in [1.807, 2.05) is 17.0 Å². The number of nitrogens with zero attached hydrogens (tertiary/aromatic N) is 1. The van der Waals surface area contributed by atoms with Crippen LogP contribution in [0.25, 0.3) is 10.8 Å². The van der Waals surface area contributed by atoms with Crippen molar-refractivity contribution in [2.75, 3.05) is 19.0 Å². The maximum atomic E-state index is 12.4. The van der Waals surface area contributed by atoms with Crippen molar-refractivity contribution < 1.29 is 4.79 Å². The van der Waals surface area contributed by atoms with Crippen LogP contribution >= 0.6 is 11.6 Å². The summed E-state index contributed by atoms with van der Waals surface area (Å²) in [6.07, 6.45) is 2.57. The van der Waals surface area contributed by atoms with Gasteiger partial charge in [0.1, 0.15) is 0 Å². The predicted molar refractivity (Wildman–Crippen MR) is 87.7 cm³/mol. The Morgan fingerprint density at radius 2 is 1.81 bits per heavy atom. The van der Waals surface area contributed by atoms with Crippen molar-refractivity contribution in [1.29, 1.82) is 0 Å². The summed E-state index contributed by atoms with van der Waals surface area (Å²) >= 11 is 5.89. The highest BCUT2D eigenvalue weighted by Crippen LogP contribution is 2.20. The standard InChI is InChI=1S/C18H20ClNO/c19-13-14-7-9-20(10-8-14)18(21)12-15-5-6-16-3-1-2-4-17(16)11-15/h1-6,11,14H,7-10,12-13H2. The molecule has 0 unspecified atom stereocenters. The molecule has 0 bridgehead atoms. The van der Waals surface area contributed by atoms with Crippen LogP contribution < -0.4 is 0 Å². The van der Waals surface area contributed by atoms with Gasteiger partial charge in [0.15, 0.2) is 0 Å². The average molecular weight is 302 g/mol. The van der Waals surface area contributed by atoms with Gasteiger partial charge in [0.05, 0.1) is 6.42 Å². The van der Waals surface area contributed by atoms with E-state index in [0.717, 1.165) is 31.5 Å². The largest absolute Gasteiger partial charge is 0.342 e. The summed E-state index contributed by atoms with van der Waals surface area (Å²) in [5.74, 6) is 1.53. The molecule has 2 aromatic rings. The molecule has 21 heavy (non-hydrogen) atoms. The molecule has 1 heterocycles. The zero-order valence-electron chi connectivity index (χ0n) is 12.1. The molecule has 0 atom stereocenters. The molecule has 1 fully saturated rings. The maximum Gasteiger partial charge on any atom is 0.226 e. The van der Waals surface area contributed by atoms with Crippen LogP contribution in [0, 0.1) is 5.92 Å². The van der Waals surface area contributed by atoms with Crippen LogP contribution in [-0.2, 0) is 11.2 Å². The Hall–Kier alpha value is -1.54. The molecule has 1 aliphatic heterocycles. The topological polar surface area (TPSA) is 20.3 Å². The van der Waals surface area contributed by atoms with Crippen molar-refractivity contribution in [2.24, 2.45) is 5.92 Å². The third kappa shape index (κ3) is 3.38. The zero-order chi connectivity index (χ0) is 14.7. The minimum atomic E-state index is 0.235. The van der Waals surface area contributed by atoms with E-state index in [1.165, 1.54) is 10.8 Å². The summed E-state index contributed by atoms with van der Waals surface area (Å²) in [6, 6.07) is 14.5. The van der Waals surface area contributed by atoms with E-state index in [1.54, 1.807) is 0 Å². The van der Waals surface area contributed by atoms with E-state index in [0.29, 0.717) is 18.2 Å². The van der Waals surface area contributed by atoms with Crippen molar-refractivity contribution in [3.8, 4) is 0 Å². The van der Waals surface area contributed by atoms with Gasteiger partial charge < -0.3 is 4.90 Å². The Morgan fingerprint density at radius 1 is 1.10 bits per heavy atom. The van der Waals surface area contributed by atoms with Gasteiger partial charge in [-0.1, -0.05) is 42.5 Å². The third-order valence-electron chi connectivity index (χ3n) is 4.35. The van der Waals surface area contributed by atoms with Crippen LogP contribution in [-0.4, -0.2) is 29.8 Å². The molecule has 0 aliphatic carbocycles. The summed E-state index contributed by atoms with van der Waals surface area (Å²) < 4.78 is 0. The lowest BCUT2D eigenvalue weighted by atomic mass is 9.98. The molecule has 1 aliphatic rings. The Bertz CT molecular complexity index is 632. The highest BCUT2D eigenvalue weighted by atomic mass is 35.5. The summed E-state index contributed by atoms with van der Waals surface area (Å²) in [7, 11) is 0. The van der Waals surface area contributed by atoms with E-state index in [9.17, 15) is 4.79 Å². The van der Waals surface area contributed by atoms with E-state index in [2.05, 4.69) is 30.3 Å². The number of fused-ring (bicyclic) bond motifs is 1. The monoisotopic (exact) mass is 301 g/mol. The maximum absolute atomic E-state index is 12.4. The van der Waals surface area contributed by atoms with Crippen molar-refractivity contribution in [3.05, 3.63) is 48.0 Å². The van der Waals surface area contributed by atoms with Gasteiger partial charge in [-0.2, -0.15) is 0 Å². The Labute approximate surface area is 130 Å². The van der Waals surface area contributed by atoms with Crippen molar-refractivity contribution >= 4 is 28.3 Å². The molecule has 110 valence electrons. The number of hydrogen-bond acceptors (Lipinski definition) is 1. The predicted octanol–water partition coefficient (Wildman–Crippen LogP) is 3.86. The number of piperidine rings is 1. The van der Waals surface area contributed by atoms with E-state index >= 15 is 0 Å². The number of rotatable bonds is 3. The normalized spacial score (nSPS) is 16.3. The van der Waals surface area contributed by atoms with Crippen molar-refractivity contribution in [1.82, 2.24) is 4.90 Å². The van der Waals surface area contributed by atoms with Crippen LogP contribution in [0.4, 0.5) is 0 Å². The molecule has 3 heteroatoms. The molecular formula is C18H20ClNO. The Balaban J connectivity index is 1.66. The van der Waals surface area contributed by atoms with Crippen molar-refractivity contribution in [2.45, 2.75) is 19.3 Å². The highest BCUT2D eigenvalue weighted by Gasteiger charge is 2.22. The molecule has 2 nitrogen and oxygen atoms in total. The number of alkyl halides is 1. The van der Waals surface area contributed by atoms with Gasteiger partial charge in [-0.3, -0.25) is 4.79 Å². The van der Waals surface area contributed by atoms with Crippen LogP contribution in [0.2, 0.25) is 0 Å². The van der Waals surface area contributed by atoms with E-state index in [-0.39, 0.29) is 5.91 Å². The van der Waals surface area contributed by atoms with Crippen LogP contribution in [0.15, 0.2) is 42.5 Å². The summed E-state index contributed by atoms with van der Waals surface area (Å²) in [4.78, 5) is 14.4. The van der Waals surface area contributed by atoms with Gasteiger partial charge in [-0.25, -0.2) is 0 Å². The molecule has 0 radical (unpaired) electrons. The quantitative estimate of drug-likeness (QED) is 0.788. The minimum Gasteiger partial charge on any atom is -0.342 e. The van der Waals surface area contributed by atoms with Gasteiger partial charge in [0.2, 0.25) is 5.91 Å². The lowest BCUT2D eigenvalue weighted by Gasteiger charge is -2.31. The minimum absolute atomic E-state index is 0.235. The van der Waals surface area contributed by atoms with Gasteiger partial charge in [0, 0.05) is 19.0 Å². The number of carbonyl (C=O) groups excluding carboxylic acids is 1.